The van der Waals surface area contributed by atoms with Gasteiger partial charge in [-0.1, -0.05) is 0 Å². The monoisotopic (exact) mass is 264 g/mol. The standard InChI is InChI=1S/C9H16O5SSi/c1-6(10)13-8(14-7(2)11)5-9(15)12-3-4-16/h8H,3-5H2,1-2,16H3. The lowest BCUT2D eigenvalue weighted by atomic mass is 10.4. The molecule has 0 fully saturated rings. The Kier molecular flexibility index (Phi) is 7.74. The number of esters is 2. The van der Waals surface area contributed by atoms with Crippen molar-refractivity contribution in [2.24, 2.45) is 0 Å². The van der Waals surface area contributed by atoms with Crippen molar-refractivity contribution in [1.82, 2.24) is 0 Å². The highest BCUT2D eigenvalue weighted by atomic mass is 32.1. The fourth-order valence-corrected chi connectivity index (χ4v) is 1.31. The van der Waals surface area contributed by atoms with Crippen LogP contribution in [0.4, 0.5) is 0 Å². The molecule has 0 unspecified atom stereocenters. The maximum absolute atomic E-state index is 10.7. The summed E-state index contributed by atoms with van der Waals surface area (Å²) in [5, 5.41) is 0.281. The van der Waals surface area contributed by atoms with E-state index in [1.807, 2.05) is 0 Å². The number of carbonyl (C=O) groups is 2. The van der Waals surface area contributed by atoms with Crippen molar-refractivity contribution < 1.29 is 23.8 Å². The Morgan fingerprint density at radius 2 is 1.75 bits per heavy atom. The van der Waals surface area contributed by atoms with Gasteiger partial charge >= 0.3 is 11.9 Å². The van der Waals surface area contributed by atoms with Crippen LogP contribution in [0.15, 0.2) is 0 Å². The number of carbonyl (C=O) groups excluding carboxylic acids is 2. The quantitative estimate of drug-likeness (QED) is 0.290. The minimum atomic E-state index is -0.989. The van der Waals surface area contributed by atoms with E-state index in [1.54, 1.807) is 0 Å². The summed E-state index contributed by atoms with van der Waals surface area (Å²) in [5.41, 5.74) is 0. The molecule has 0 saturated carbocycles. The summed E-state index contributed by atoms with van der Waals surface area (Å²) in [4.78, 5) is 21.5. The molecule has 0 aromatic carbocycles. The molecule has 0 N–H and O–H groups in total. The first-order valence-electron chi connectivity index (χ1n) is 4.95. The van der Waals surface area contributed by atoms with Crippen molar-refractivity contribution in [1.29, 1.82) is 0 Å². The zero-order chi connectivity index (χ0) is 12.6. The second-order valence-corrected chi connectivity index (χ2v) is 4.53. The van der Waals surface area contributed by atoms with Crippen molar-refractivity contribution in [3.05, 3.63) is 0 Å². The van der Waals surface area contributed by atoms with E-state index < -0.39 is 18.2 Å². The van der Waals surface area contributed by atoms with Crippen molar-refractivity contribution >= 4 is 39.4 Å². The lowest BCUT2D eigenvalue weighted by Gasteiger charge is -2.16. The molecule has 0 aromatic rings. The van der Waals surface area contributed by atoms with Crippen molar-refractivity contribution in [2.45, 2.75) is 32.6 Å². The van der Waals surface area contributed by atoms with Gasteiger partial charge in [0, 0.05) is 24.1 Å². The van der Waals surface area contributed by atoms with Crippen LogP contribution in [0.1, 0.15) is 20.3 Å². The second-order valence-electron chi connectivity index (χ2n) is 3.07. The number of hydrogen-bond acceptors (Lipinski definition) is 6. The summed E-state index contributed by atoms with van der Waals surface area (Å²) in [6.07, 6.45) is -0.896. The van der Waals surface area contributed by atoms with Crippen LogP contribution in [0, 0.1) is 0 Å². The van der Waals surface area contributed by atoms with Crippen LogP contribution in [0.2, 0.25) is 6.04 Å². The number of thiocarbonyl (C=S) groups is 1. The highest BCUT2D eigenvalue weighted by molar-refractivity contribution is 7.80. The highest BCUT2D eigenvalue weighted by Gasteiger charge is 2.18. The predicted molar refractivity (Wildman–Crippen MR) is 65.2 cm³/mol. The van der Waals surface area contributed by atoms with Crippen LogP contribution < -0.4 is 0 Å². The van der Waals surface area contributed by atoms with Crippen molar-refractivity contribution in [3.8, 4) is 0 Å². The van der Waals surface area contributed by atoms with Gasteiger partial charge in [-0.3, -0.25) is 9.59 Å². The first-order valence-corrected chi connectivity index (χ1v) is 6.78. The summed E-state index contributed by atoms with van der Waals surface area (Å²) in [6, 6.07) is 0.964. The summed E-state index contributed by atoms with van der Waals surface area (Å²) in [5.74, 6) is -1.06. The van der Waals surface area contributed by atoms with Gasteiger partial charge in [-0.2, -0.15) is 0 Å². The molecule has 16 heavy (non-hydrogen) atoms. The molecule has 0 aromatic heterocycles. The van der Waals surface area contributed by atoms with E-state index in [2.05, 4.69) is 0 Å². The van der Waals surface area contributed by atoms with Crippen LogP contribution >= 0.6 is 12.2 Å². The van der Waals surface area contributed by atoms with E-state index in [0.29, 0.717) is 6.61 Å². The van der Waals surface area contributed by atoms with Gasteiger partial charge in [0.1, 0.15) is 0 Å². The molecule has 7 heteroatoms. The molecule has 0 aliphatic rings. The molecule has 0 atom stereocenters. The zero-order valence-electron chi connectivity index (χ0n) is 9.65. The van der Waals surface area contributed by atoms with Gasteiger partial charge in [-0.05, 0) is 18.3 Å². The molecule has 0 radical (unpaired) electrons. The predicted octanol–water partition coefficient (Wildman–Crippen LogP) is -0.0435. The third kappa shape index (κ3) is 8.36. The molecular formula is C9H16O5SSi. The Morgan fingerprint density at radius 1 is 1.25 bits per heavy atom. The minimum Gasteiger partial charge on any atom is -0.487 e. The molecule has 0 aliphatic carbocycles. The summed E-state index contributed by atoms with van der Waals surface area (Å²) >= 11 is 4.91. The average molecular weight is 264 g/mol. The zero-order valence-corrected chi connectivity index (χ0v) is 12.5. The van der Waals surface area contributed by atoms with Gasteiger partial charge in [0.05, 0.1) is 13.0 Å². The van der Waals surface area contributed by atoms with Gasteiger partial charge < -0.3 is 14.2 Å². The van der Waals surface area contributed by atoms with E-state index in [0.717, 1.165) is 16.3 Å². The van der Waals surface area contributed by atoms with Crippen LogP contribution in [0.5, 0.6) is 0 Å². The lowest BCUT2D eigenvalue weighted by molar-refractivity contribution is -0.183. The Labute approximate surface area is 103 Å². The largest absolute Gasteiger partial charge is 0.487 e. The Bertz CT molecular complexity index is 253. The highest BCUT2D eigenvalue weighted by Crippen LogP contribution is 2.05. The topological polar surface area (TPSA) is 61.8 Å². The maximum Gasteiger partial charge on any atom is 0.305 e. The molecule has 0 rings (SSSR count). The van der Waals surface area contributed by atoms with Gasteiger partial charge in [0.15, 0.2) is 5.05 Å². The van der Waals surface area contributed by atoms with Crippen LogP contribution in [-0.2, 0) is 23.8 Å². The molecule has 0 heterocycles. The fourth-order valence-electron chi connectivity index (χ4n) is 0.889. The Hall–Kier alpha value is -0.953. The second kappa shape index (κ2) is 8.23. The smallest absolute Gasteiger partial charge is 0.305 e. The molecule has 0 bridgehead atoms. The van der Waals surface area contributed by atoms with Crippen molar-refractivity contribution in [3.63, 3.8) is 0 Å². The third-order valence-corrected chi connectivity index (χ3v) is 2.09. The lowest BCUT2D eigenvalue weighted by Crippen LogP contribution is -2.25. The molecule has 0 saturated heterocycles. The molecule has 5 nitrogen and oxygen atoms in total. The minimum absolute atomic E-state index is 0.0933. The van der Waals surface area contributed by atoms with E-state index in [9.17, 15) is 9.59 Å². The maximum atomic E-state index is 10.7. The van der Waals surface area contributed by atoms with Crippen molar-refractivity contribution in [2.75, 3.05) is 6.61 Å². The SMILES string of the molecule is CC(=O)OC(CC(=S)OCC[SiH3])OC(C)=O. The average Bonchev–Trinajstić information content (AvgIpc) is 2.12. The molecule has 0 aliphatic heterocycles. The Morgan fingerprint density at radius 3 is 2.12 bits per heavy atom. The summed E-state index contributed by atoms with van der Waals surface area (Å²) < 4.78 is 14.7. The van der Waals surface area contributed by atoms with E-state index in [4.69, 9.17) is 26.4 Å². The third-order valence-electron chi connectivity index (χ3n) is 1.40. The van der Waals surface area contributed by atoms with Crippen LogP contribution in [0.25, 0.3) is 0 Å². The molecular weight excluding hydrogens is 248 g/mol. The molecule has 92 valence electrons. The summed E-state index contributed by atoms with van der Waals surface area (Å²) in [6.45, 7) is 3.02. The van der Waals surface area contributed by atoms with Gasteiger partial charge in [0.2, 0.25) is 0 Å². The number of ether oxygens (including phenoxy) is 3. The fraction of sp³-hybridized carbons (Fsp3) is 0.667. The van der Waals surface area contributed by atoms with E-state index in [-0.39, 0.29) is 11.5 Å². The first kappa shape index (κ1) is 15.0. The number of hydrogen-bond donors (Lipinski definition) is 0. The van der Waals surface area contributed by atoms with E-state index in [1.165, 1.54) is 13.8 Å². The van der Waals surface area contributed by atoms with Crippen LogP contribution in [0.3, 0.4) is 0 Å². The normalized spacial score (nSPS) is 9.94. The Balaban J connectivity index is 4.13. The summed E-state index contributed by atoms with van der Waals surface area (Å²) in [7, 11) is 1.03. The van der Waals surface area contributed by atoms with E-state index >= 15 is 0 Å². The first-order chi connectivity index (χ1) is 7.45. The molecule has 0 spiro atoms. The number of rotatable bonds is 6. The van der Waals surface area contributed by atoms with Crippen LogP contribution in [-0.4, -0.2) is 40.1 Å². The van der Waals surface area contributed by atoms with Gasteiger partial charge in [0.25, 0.3) is 6.29 Å². The van der Waals surface area contributed by atoms with Gasteiger partial charge in [-0.25, -0.2) is 0 Å². The van der Waals surface area contributed by atoms with Gasteiger partial charge in [-0.15, -0.1) is 0 Å². The molecule has 0 amide bonds.